The van der Waals surface area contributed by atoms with Crippen molar-refractivity contribution in [3.8, 4) is 0 Å². The Morgan fingerprint density at radius 1 is 1.17 bits per heavy atom. The van der Waals surface area contributed by atoms with E-state index < -0.39 is 0 Å². The Bertz CT molecular complexity index is 465. The molecule has 0 saturated carbocycles. The van der Waals surface area contributed by atoms with E-state index in [1.807, 2.05) is 17.0 Å². The van der Waals surface area contributed by atoms with E-state index in [1.54, 1.807) is 18.2 Å². The predicted octanol–water partition coefficient (Wildman–Crippen LogP) is 4.02. The fourth-order valence-electron chi connectivity index (χ4n) is 2.03. The molecule has 0 N–H and O–H groups in total. The van der Waals surface area contributed by atoms with Crippen molar-refractivity contribution in [1.29, 1.82) is 0 Å². The summed E-state index contributed by atoms with van der Waals surface area (Å²) in [6.45, 7) is 1.71. The summed E-state index contributed by atoms with van der Waals surface area (Å²) in [4.78, 5) is 13.8. The highest BCUT2D eigenvalue weighted by molar-refractivity contribution is 6.42. The van der Waals surface area contributed by atoms with Crippen LogP contribution in [0.5, 0.6) is 0 Å². The third-order valence-corrected chi connectivity index (χ3v) is 3.89. The first-order valence-corrected chi connectivity index (χ1v) is 6.85. The van der Waals surface area contributed by atoms with Gasteiger partial charge in [0.25, 0.3) is 0 Å². The number of rotatable bonds is 2. The molecule has 1 aliphatic rings. The summed E-state index contributed by atoms with van der Waals surface area (Å²) in [7, 11) is 0. The largest absolute Gasteiger partial charge is 0.339 e. The molecule has 1 aliphatic heterocycles. The van der Waals surface area contributed by atoms with Crippen molar-refractivity contribution >= 4 is 35.2 Å². The molecule has 0 aliphatic carbocycles. The van der Waals surface area contributed by atoms with Gasteiger partial charge >= 0.3 is 0 Å². The Kier molecular flexibility index (Phi) is 4.67. The highest BCUT2D eigenvalue weighted by atomic mass is 35.5. The van der Waals surface area contributed by atoms with Gasteiger partial charge in [-0.2, -0.15) is 0 Å². The van der Waals surface area contributed by atoms with Gasteiger partial charge < -0.3 is 4.90 Å². The van der Waals surface area contributed by atoms with Crippen LogP contribution in [-0.2, 0) is 4.79 Å². The summed E-state index contributed by atoms with van der Waals surface area (Å²) in [5, 5.41) is 0.992. The standard InChI is InChI=1S/C14H15Cl2NO/c15-12-6-4-5-11(14(12)16)7-8-13(18)17-9-2-1-3-10-17/h4-8H,1-3,9-10H2/b8-7-. The third kappa shape index (κ3) is 3.27. The maximum absolute atomic E-state index is 11.9. The molecule has 0 spiro atoms. The van der Waals surface area contributed by atoms with E-state index in [4.69, 9.17) is 23.2 Å². The van der Waals surface area contributed by atoms with Crippen LogP contribution in [0, 0.1) is 0 Å². The van der Waals surface area contributed by atoms with Gasteiger partial charge in [0, 0.05) is 19.2 Å². The highest BCUT2D eigenvalue weighted by Gasteiger charge is 2.13. The van der Waals surface area contributed by atoms with Crippen molar-refractivity contribution in [2.24, 2.45) is 0 Å². The van der Waals surface area contributed by atoms with Crippen LogP contribution in [0.25, 0.3) is 6.08 Å². The quantitative estimate of drug-likeness (QED) is 0.751. The van der Waals surface area contributed by atoms with Gasteiger partial charge in [0.05, 0.1) is 10.0 Å². The second-order valence-corrected chi connectivity index (χ2v) is 5.15. The number of benzene rings is 1. The van der Waals surface area contributed by atoms with Crippen LogP contribution in [0.1, 0.15) is 24.8 Å². The topological polar surface area (TPSA) is 20.3 Å². The normalized spacial score (nSPS) is 16.2. The molecule has 1 fully saturated rings. The van der Waals surface area contributed by atoms with Crippen LogP contribution in [0.3, 0.4) is 0 Å². The summed E-state index contributed by atoms with van der Waals surface area (Å²) in [6, 6.07) is 5.39. The zero-order chi connectivity index (χ0) is 13.0. The van der Waals surface area contributed by atoms with Crippen LogP contribution >= 0.6 is 23.2 Å². The summed E-state index contributed by atoms with van der Waals surface area (Å²) < 4.78 is 0. The van der Waals surface area contributed by atoms with Gasteiger partial charge in [-0.05, 0) is 37.0 Å². The van der Waals surface area contributed by atoms with E-state index in [9.17, 15) is 4.79 Å². The minimum atomic E-state index is 0.0470. The molecule has 1 saturated heterocycles. The van der Waals surface area contributed by atoms with Crippen LogP contribution in [-0.4, -0.2) is 23.9 Å². The van der Waals surface area contributed by atoms with Gasteiger partial charge in [-0.25, -0.2) is 0 Å². The predicted molar refractivity (Wildman–Crippen MR) is 75.9 cm³/mol. The molecule has 0 unspecified atom stereocenters. The van der Waals surface area contributed by atoms with E-state index in [1.165, 1.54) is 6.42 Å². The third-order valence-electron chi connectivity index (χ3n) is 3.05. The molecular formula is C14H15Cl2NO. The first kappa shape index (κ1) is 13.4. The first-order chi connectivity index (χ1) is 8.68. The number of hydrogen-bond donors (Lipinski definition) is 0. The number of carbonyl (C=O) groups is 1. The van der Waals surface area contributed by atoms with Gasteiger partial charge in [0.2, 0.25) is 5.91 Å². The number of halogens is 2. The Hall–Kier alpha value is -0.990. The number of amides is 1. The molecular weight excluding hydrogens is 269 g/mol. The van der Waals surface area contributed by atoms with E-state index in [0.717, 1.165) is 31.5 Å². The molecule has 0 bridgehead atoms. The fraction of sp³-hybridized carbons (Fsp3) is 0.357. The van der Waals surface area contributed by atoms with Gasteiger partial charge in [-0.1, -0.05) is 35.3 Å². The summed E-state index contributed by atoms with van der Waals surface area (Å²) in [5.41, 5.74) is 0.773. The van der Waals surface area contributed by atoms with E-state index >= 15 is 0 Å². The lowest BCUT2D eigenvalue weighted by atomic mass is 10.1. The molecule has 0 atom stereocenters. The molecule has 1 heterocycles. The Balaban J connectivity index is 2.05. The van der Waals surface area contributed by atoms with E-state index in [-0.39, 0.29) is 5.91 Å². The molecule has 0 radical (unpaired) electrons. The lowest BCUT2D eigenvalue weighted by molar-refractivity contribution is -0.126. The lowest BCUT2D eigenvalue weighted by Crippen LogP contribution is -2.34. The first-order valence-electron chi connectivity index (χ1n) is 6.09. The van der Waals surface area contributed by atoms with Crippen molar-refractivity contribution in [2.75, 3.05) is 13.1 Å². The summed E-state index contributed by atoms with van der Waals surface area (Å²) >= 11 is 12.0. The average Bonchev–Trinajstić information content (AvgIpc) is 2.41. The average molecular weight is 284 g/mol. The van der Waals surface area contributed by atoms with Gasteiger partial charge in [0.15, 0.2) is 0 Å². The number of nitrogens with zero attached hydrogens (tertiary/aromatic N) is 1. The number of hydrogen-bond acceptors (Lipinski definition) is 1. The second-order valence-electron chi connectivity index (χ2n) is 4.36. The molecule has 96 valence electrons. The van der Waals surface area contributed by atoms with Gasteiger partial charge in [0.1, 0.15) is 0 Å². The minimum absolute atomic E-state index is 0.0470. The van der Waals surface area contributed by atoms with Crippen LogP contribution in [0.2, 0.25) is 10.0 Å². The maximum Gasteiger partial charge on any atom is 0.246 e. The number of likely N-dealkylation sites (tertiary alicyclic amines) is 1. The molecule has 1 aromatic carbocycles. The molecule has 18 heavy (non-hydrogen) atoms. The minimum Gasteiger partial charge on any atom is -0.339 e. The Morgan fingerprint density at radius 2 is 1.89 bits per heavy atom. The SMILES string of the molecule is O=C(/C=C\c1cccc(Cl)c1Cl)N1CCCCC1. The van der Waals surface area contributed by atoms with Crippen molar-refractivity contribution in [3.05, 3.63) is 39.9 Å². The maximum atomic E-state index is 11.9. The number of carbonyl (C=O) groups excluding carboxylic acids is 1. The smallest absolute Gasteiger partial charge is 0.246 e. The molecule has 0 aromatic heterocycles. The lowest BCUT2D eigenvalue weighted by Gasteiger charge is -2.25. The van der Waals surface area contributed by atoms with Crippen LogP contribution in [0.15, 0.2) is 24.3 Å². The summed E-state index contributed by atoms with van der Waals surface area (Å²) in [5.74, 6) is 0.0470. The van der Waals surface area contributed by atoms with Gasteiger partial charge in [-0.3, -0.25) is 4.79 Å². The summed E-state index contributed by atoms with van der Waals surface area (Å²) in [6.07, 6.45) is 6.70. The fourth-order valence-corrected chi connectivity index (χ4v) is 2.40. The highest BCUT2D eigenvalue weighted by Crippen LogP contribution is 2.26. The zero-order valence-electron chi connectivity index (χ0n) is 10.0. The van der Waals surface area contributed by atoms with Crippen molar-refractivity contribution in [2.45, 2.75) is 19.3 Å². The van der Waals surface area contributed by atoms with Crippen molar-refractivity contribution < 1.29 is 4.79 Å². The molecule has 2 rings (SSSR count). The molecule has 1 aromatic rings. The van der Waals surface area contributed by atoms with Crippen LogP contribution in [0.4, 0.5) is 0 Å². The molecule has 1 amide bonds. The van der Waals surface area contributed by atoms with Crippen molar-refractivity contribution in [1.82, 2.24) is 4.90 Å². The van der Waals surface area contributed by atoms with E-state index in [2.05, 4.69) is 0 Å². The van der Waals surface area contributed by atoms with E-state index in [0.29, 0.717) is 10.0 Å². The zero-order valence-corrected chi connectivity index (χ0v) is 11.5. The second kappa shape index (κ2) is 6.26. The Labute approximate surface area is 117 Å². The Morgan fingerprint density at radius 3 is 2.61 bits per heavy atom. The monoisotopic (exact) mass is 283 g/mol. The number of piperidine rings is 1. The van der Waals surface area contributed by atoms with Gasteiger partial charge in [-0.15, -0.1) is 0 Å². The molecule has 2 nitrogen and oxygen atoms in total. The molecule has 4 heteroatoms. The van der Waals surface area contributed by atoms with Crippen molar-refractivity contribution in [3.63, 3.8) is 0 Å². The van der Waals surface area contributed by atoms with Crippen LogP contribution < -0.4 is 0 Å².